The van der Waals surface area contributed by atoms with E-state index < -0.39 is 7.04 Å². The smallest absolute Gasteiger partial charge is 0.136 e. The summed E-state index contributed by atoms with van der Waals surface area (Å²) in [6.07, 6.45) is 0. The second-order valence-corrected chi connectivity index (χ2v) is 1.71. The van der Waals surface area contributed by atoms with Crippen LogP contribution in [0, 0.1) is 11.3 Å². The van der Waals surface area contributed by atoms with Gasteiger partial charge < -0.3 is 4.74 Å². The maximum Gasteiger partial charge on any atom is 0.136 e. The van der Waals surface area contributed by atoms with Crippen molar-refractivity contribution >= 4 is 0 Å². The van der Waals surface area contributed by atoms with E-state index in [1.165, 1.54) is 12.1 Å². The first kappa shape index (κ1) is 3.62. The highest BCUT2D eigenvalue weighted by atomic mass is 16.5. The lowest BCUT2D eigenvalue weighted by Gasteiger charge is -1.98. The van der Waals surface area contributed by atoms with Crippen LogP contribution in [0.25, 0.3) is 0 Å². The van der Waals surface area contributed by atoms with Gasteiger partial charge in [0.05, 0.1) is 16.7 Å². The van der Waals surface area contributed by atoms with Crippen molar-refractivity contribution in [2.45, 2.75) is 0 Å². The number of nitriles is 1. The molecular formula is C8H7NO. The number of nitrogens with zero attached hydrogens (tertiary/aromatic N) is 1. The van der Waals surface area contributed by atoms with Crippen LogP contribution in [0.4, 0.5) is 0 Å². The molecule has 0 amide bonds. The van der Waals surface area contributed by atoms with E-state index >= 15 is 0 Å². The zero-order chi connectivity index (χ0) is 9.90. The first-order chi connectivity index (χ1) is 6.03. The molecule has 0 spiro atoms. The molecule has 0 bridgehead atoms. The van der Waals surface area contributed by atoms with Gasteiger partial charge in [-0.2, -0.15) is 5.26 Å². The molecule has 1 aromatic rings. The summed E-state index contributed by atoms with van der Waals surface area (Å²) in [5.74, 6) is 0.0880. The Balaban J connectivity index is 2.96. The molecule has 0 heterocycles. The first-order valence-electron chi connectivity index (χ1n) is 4.21. The standard InChI is InChI=1S/C8H7NO/c1-10-8-5-3-2-4-7(8)6-9/h2-5H,1H3/i1D3. The molecule has 50 valence electrons. The number of hydrogen-bond acceptors (Lipinski definition) is 2. The Kier molecular flexibility index (Phi) is 1.04. The van der Waals surface area contributed by atoms with Crippen molar-refractivity contribution in [3.05, 3.63) is 29.8 Å². The van der Waals surface area contributed by atoms with E-state index in [9.17, 15) is 0 Å². The van der Waals surface area contributed by atoms with E-state index in [1.807, 2.05) is 6.07 Å². The summed E-state index contributed by atoms with van der Waals surface area (Å²) < 4.78 is 25.1. The number of rotatable bonds is 1. The van der Waals surface area contributed by atoms with Crippen LogP contribution >= 0.6 is 0 Å². The first-order valence-corrected chi connectivity index (χ1v) is 2.71. The van der Waals surface area contributed by atoms with Gasteiger partial charge in [0.15, 0.2) is 0 Å². The average Bonchev–Trinajstić information content (AvgIpc) is 2.02. The summed E-state index contributed by atoms with van der Waals surface area (Å²) in [5.41, 5.74) is 0.221. The lowest BCUT2D eigenvalue weighted by molar-refractivity contribution is 0.413. The van der Waals surface area contributed by atoms with Gasteiger partial charge in [0, 0.05) is 0 Å². The van der Waals surface area contributed by atoms with Crippen molar-refractivity contribution < 1.29 is 8.85 Å². The van der Waals surface area contributed by atoms with E-state index in [1.54, 1.807) is 12.1 Å². The Morgan fingerprint density at radius 2 is 2.40 bits per heavy atom. The second kappa shape index (κ2) is 2.88. The Morgan fingerprint density at radius 1 is 1.60 bits per heavy atom. The number of benzene rings is 1. The van der Waals surface area contributed by atoms with Gasteiger partial charge in [0.1, 0.15) is 11.8 Å². The highest BCUT2D eigenvalue weighted by Crippen LogP contribution is 2.14. The van der Waals surface area contributed by atoms with Crippen LogP contribution in [0.1, 0.15) is 9.68 Å². The van der Waals surface area contributed by atoms with Crippen LogP contribution < -0.4 is 4.74 Å². The zero-order valence-corrected chi connectivity index (χ0v) is 5.16. The van der Waals surface area contributed by atoms with Crippen LogP contribution in [-0.4, -0.2) is 7.04 Å². The lowest BCUT2D eigenvalue weighted by Crippen LogP contribution is -1.85. The molecule has 0 aliphatic carbocycles. The molecule has 1 aromatic carbocycles. The SMILES string of the molecule is [2H]C([2H])([2H])Oc1ccccc1C#N. The summed E-state index contributed by atoms with van der Waals surface area (Å²) in [4.78, 5) is 0. The van der Waals surface area contributed by atoms with Gasteiger partial charge in [-0.3, -0.25) is 0 Å². The summed E-state index contributed by atoms with van der Waals surface area (Å²) in [5, 5.41) is 8.60. The van der Waals surface area contributed by atoms with E-state index in [0.717, 1.165) is 0 Å². The molecule has 0 radical (unpaired) electrons. The van der Waals surface area contributed by atoms with Crippen LogP contribution in [0.3, 0.4) is 0 Å². The van der Waals surface area contributed by atoms with Crippen molar-refractivity contribution in [3.8, 4) is 11.8 Å². The maximum absolute atomic E-state index is 8.60. The zero-order valence-electron chi connectivity index (χ0n) is 8.16. The summed E-state index contributed by atoms with van der Waals surface area (Å²) >= 11 is 0. The number of methoxy groups -OCH3 is 1. The molecule has 2 nitrogen and oxygen atoms in total. The summed E-state index contributed by atoms with van der Waals surface area (Å²) in [6, 6.07) is 8.05. The third-order valence-corrected chi connectivity index (χ3v) is 1.12. The Morgan fingerprint density at radius 3 is 3.10 bits per heavy atom. The molecule has 0 aromatic heterocycles. The Hall–Kier alpha value is -1.49. The van der Waals surface area contributed by atoms with Gasteiger partial charge in [-0.15, -0.1) is 0 Å². The predicted molar refractivity (Wildman–Crippen MR) is 37.7 cm³/mol. The molecule has 0 N–H and O–H groups in total. The quantitative estimate of drug-likeness (QED) is 0.587. The van der Waals surface area contributed by atoms with E-state index in [2.05, 4.69) is 4.74 Å². The third kappa shape index (κ3) is 1.08. The average molecular weight is 136 g/mol. The Bertz CT molecular complexity index is 340. The minimum Gasteiger partial charge on any atom is -0.495 e. The van der Waals surface area contributed by atoms with Crippen LogP contribution in [0.5, 0.6) is 5.75 Å². The largest absolute Gasteiger partial charge is 0.495 e. The highest BCUT2D eigenvalue weighted by Gasteiger charge is 1.96. The molecule has 0 unspecified atom stereocenters. The molecule has 0 fully saturated rings. The second-order valence-electron chi connectivity index (χ2n) is 1.71. The fraction of sp³-hybridized carbons (Fsp3) is 0.125. The number of ether oxygens (including phenoxy) is 1. The Labute approximate surface area is 63.9 Å². The molecule has 0 saturated heterocycles. The van der Waals surface area contributed by atoms with E-state index in [-0.39, 0.29) is 11.3 Å². The maximum atomic E-state index is 8.60. The minimum atomic E-state index is -2.51. The van der Waals surface area contributed by atoms with Gasteiger partial charge in [-0.1, -0.05) is 12.1 Å². The third-order valence-electron chi connectivity index (χ3n) is 1.12. The highest BCUT2D eigenvalue weighted by molar-refractivity contribution is 5.42. The lowest BCUT2D eigenvalue weighted by atomic mass is 10.2. The van der Waals surface area contributed by atoms with Gasteiger partial charge in [-0.05, 0) is 12.1 Å². The number of hydrogen-bond donors (Lipinski definition) is 0. The summed E-state index contributed by atoms with van der Waals surface area (Å²) in [7, 11) is -2.51. The monoisotopic (exact) mass is 136 g/mol. The molecule has 0 atom stereocenters. The van der Waals surface area contributed by atoms with Crippen LogP contribution in [0.15, 0.2) is 24.3 Å². The molecule has 10 heavy (non-hydrogen) atoms. The normalized spacial score (nSPS) is 14.1. The molecular weight excluding hydrogens is 126 g/mol. The fourth-order valence-electron chi connectivity index (χ4n) is 0.648. The van der Waals surface area contributed by atoms with Crippen molar-refractivity contribution in [1.82, 2.24) is 0 Å². The van der Waals surface area contributed by atoms with Crippen molar-refractivity contribution in [3.63, 3.8) is 0 Å². The van der Waals surface area contributed by atoms with Crippen LogP contribution in [-0.2, 0) is 0 Å². The van der Waals surface area contributed by atoms with Gasteiger partial charge in [0.25, 0.3) is 0 Å². The van der Waals surface area contributed by atoms with E-state index in [0.29, 0.717) is 0 Å². The van der Waals surface area contributed by atoms with E-state index in [4.69, 9.17) is 9.37 Å². The topological polar surface area (TPSA) is 33.0 Å². The molecule has 2 heteroatoms. The minimum absolute atomic E-state index is 0.0880. The molecule has 0 aliphatic rings. The van der Waals surface area contributed by atoms with Crippen molar-refractivity contribution in [2.24, 2.45) is 0 Å². The fourth-order valence-corrected chi connectivity index (χ4v) is 0.648. The van der Waals surface area contributed by atoms with Crippen molar-refractivity contribution in [1.29, 1.82) is 5.26 Å². The van der Waals surface area contributed by atoms with Crippen LogP contribution in [0.2, 0.25) is 0 Å². The summed E-state index contributed by atoms with van der Waals surface area (Å²) in [6.45, 7) is 0. The predicted octanol–water partition coefficient (Wildman–Crippen LogP) is 1.57. The van der Waals surface area contributed by atoms with Crippen molar-refractivity contribution in [2.75, 3.05) is 7.04 Å². The van der Waals surface area contributed by atoms with Gasteiger partial charge in [0.2, 0.25) is 0 Å². The number of para-hydroxylation sites is 1. The molecule has 0 aliphatic heterocycles. The molecule has 1 rings (SSSR count). The molecule has 0 saturated carbocycles. The van der Waals surface area contributed by atoms with Gasteiger partial charge in [-0.25, -0.2) is 0 Å². The van der Waals surface area contributed by atoms with Gasteiger partial charge >= 0.3 is 0 Å².